The van der Waals surface area contributed by atoms with Crippen LogP contribution in [0, 0.1) is 0 Å². The van der Waals surface area contributed by atoms with Gasteiger partial charge in [-0.3, -0.25) is 9.59 Å². The van der Waals surface area contributed by atoms with Crippen LogP contribution < -0.4 is 5.32 Å². The van der Waals surface area contributed by atoms with Gasteiger partial charge >= 0.3 is 12.1 Å². The Labute approximate surface area is 165 Å². The zero-order valence-corrected chi connectivity index (χ0v) is 15.6. The Morgan fingerprint density at radius 1 is 1.03 bits per heavy atom. The Bertz CT molecular complexity index is 934. The van der Waals surface area contributed by atoms with Crippen LogP contribution in [0.3, 0.4) is 0 Å². The average Bonchev–Trinajstić information content (AvgIpc) is 2.66. The van der Waals surface area contributed by atoms with Crippen molar-refractivity contribution in [1.29, 1.82) is 0 Å². The molecule has 0 spiro atoms. The summed E-state index contributed by atoms with van der Waals surface area (Å²) in [6.45, 7) is 2.72. The van der Waals surface area contributed by atoms with E-state index in [9.17, 15) is 27.6 Å². The van der Waals surface area contributed by atoms with E-state index in [4.69, 9.17) is 4.74 Å². The maximum atomic E-state index is 12.5. The topological polar surface area (TPSA) is 72.5 Å². The van der Waals surface area contributed by atoms with Gasteiger partial charge in [0.25, 0.3) is 5.91 Å². The average molecular weight is 405 g/mol. The Morgan fingerprint density at radius 3 is 2.24 bits per heavy atom. The lowest BCUT2D eigenvalue weighted by atomic mass is 10.1. The van der Waals surface area contributed by atoms with Crippen molar-refractivity contribution in [1.82, 2.24) is 0 Å². The summed E-state index contributed by atoms with van der Waals surface area (Å²) in [6.07, 6.45) is -3.31. The highest BCUT2D eigenvalue weighted by atomic mass is 19.4. The third kappa shape index (κ3) is 6.31. The van der Waals surface area contributed by atoms with Crippen LogP contribution in [0.2, 0.25) is 0 Å². The van der Waals surface area contributed by atoms with E-state index < -0.39 is 29.7 Å². The van der Waals surface area contributed by atoms with E-state index in [1.165, 1.54) is 32.1 Å². The van der Waals surface area contributed by atoms with E-state index in [2.05, 4.69) is 5.32 Å². The van der Waals surface area contributed by atoms with E-state index in [-0.39, 0.29) is 5.78 Å². The van der Waals surface area contributed by atoms with Gasteiger partial charge in [-0.05, 0) is 49.8 Å². The number of ketones is 1. The van der Waals surface area contributed by atoms with Crippen LogP contribution in [0.1, 0.15) is 35.3 Å². The van der Waals surface area contributed by atoms with Gasteiger partial charge in [-0.2, -0.15) is 13.2 Å². The van der Waals surface area contributed by atoms with Crippen LogP contribution in [0.25, 0.3) is 6.08 Å². The molecule has 0 fully saturated rings. The summed E-state index contributed by atoms with van der Waals surface area (Å²) in [5.74, 6) is -1.70. The number of rotatable bonds is 6. The summed E-state index contributed by atoms with van der Waals surface area (Å²) in [5, 5.41) is 2.52. The summed E-state index contributed by atoms with van der Waals surface area (Å²) >= 11 is 0. The van der Waals surface area contributed by atoms with E-state index in [1.807, 2.05) is 0 Å². The second-order valence-electron chi connectivity index (χ2n) is 6.12. The molecule has 0 saturated carbocycles. The predicted molar refractivity (Wildman–Crippen MR) is 101 cm³/mol. The molecule has 1 amide bonds. The number of nitrogens with one attached hydrogen (secondary N) is 1. The van der Waals surface area contributed by atoms with Gasteiger partial charge in [-0.25, -0.2) is 4.79 Å². The SMILES string of the molecule is CC(=O)c1ccccc1NC(=O)[C@H](C)OC(=O)/C=C/c1ccc(C(F)(F)F)cc1. The molecule has 0 heterocycles. The lowest BCUT2D eigenvalue weighted by Gasteiger charge is -2.14. The van der Waals surface area contributed by atoms with Crippen LogP contribution in [-0.2, 0) is 20.5 Å². The van der Waals surface area contributed by atoms with Crippen LogP contribution in [-0.4, -0.2) is 23.8 Å². The Kier molecular flexibility index (Phi) is 6.93. The molecule has 0 radical (unpaired) electrons. The molecule has 0 saturated heterocycles. The third-order valence-electron chi connectivity index (χ3n) is 3.88. The molecule has 2 aromatic rings. The quantitative estimate of drug-likeness (QED) is 0.437. The van der Waals surface area contributed by atoms with Crippen LogP contribution in [0.4, 0.5) is 18.9 Å². The van der Waals surface area contributed by atoms with Gasteiger partial charge < -0.3 is 10.1 Å². The van der Waals surface area contributed by atoms with Crippen molar-refractivity contribution < 1.29 is 32.3 Å². The van der Waals surface area contributed by atoms with Crippen molar-refractivity contribution in [2.24, 2.45) is 0 Å². The second kappa shape index (κ2) is 9.18. The first kappa shape index (κ1) is 21.9. The molecule has 2 rings (SSSR count). The maximum Gasteiger partial charge on any atom is 0.416 e. The normalized spacial score (nSPS) is 12.4. The smallest absolute Gasteiger partial charge is 0.416 e. The number of hydrogen-bond acceptors (Lipinski definition) is 4. The van der Waals surface area contributed by atoms with Gasteiger partial charge in [0.2, 0.25) is 0 Å². The molecule has 29 heavy (non-hydrogen) atoms. The summed E-state index contributed by atoms with van der Waals surface area (Å²) in [5.41, 5.74) is 0.186. The number of hydrogen-bond donors (Lipinski definition) is 1. The first-order chi connectivity index (χ1) is 13.6. The highest BCUT2D eigenvalue weighted by Crippen LogP contribution is 2.29. The van der Waals surface area contributed by atoms with Crippen molar-refractivity contribution in [2.75, 3.05) is 5.32 Å². The number of para-hydroxylation sites is 1. The minimum absolute atomic E-state index is 0.231. The van der Waals surface area contributed by atoms with Crippen molar-refractivity contribution in [2.45, 2.75) is 26.1 Å². The fraction of sp³-hybridized carbons (Fsp3) is 0.190. The molecule has 152 valence electrons. The van der Waals surface area contributed by atoms with Gasteiger partial charge in [0.1, 0.15) is 0 Å². The van der Waals surface area contributed by atoms with Crippen molar-refractivity contribution in [3.8, 4) is 0 Å². The number of ether oxygens (including phenoxy) is 1. The molecule has 0 aliphatic carbocycles. The number of amides is 1. The Hall–Kier alpha value is -3.42. The number of carbonyl (C=O) groups is 3. The molecule has 0 aliphatic heterocycles. The fourth-order valence-corrected chi connectivity index (χ4v) is 2.35. The molecule has 0 aromatic heterocycles. The Morgan fingerprint density at radius 2 is 1.66 bits per heavy atom. The molecule has 0 aliphatic rings. The third-order valence-corrected chi connectivity index (χ3v) is 3.88. The highest BCUT2D eigenvalue weighted by molar-refractivity contribution is 6.05. The van der Waals surface area contributed by atoms with Crippen molar-refractivity contribution in [3.05, 3.63) is 71.3 Å². The minimum atomic E-state index is -4.44. The fourth-order valence-electron chi connectivity index (χ4n) is 2.35. The molecule has 1 N–H and O–H groups in total. The first-order valence-corrected chi connectivity index (χ1v) is 8.54. The van der Waals surface area contributed by atoms with Gasteiger partial charge in [0, 0.05) is 11.6 Å². The maximum absolute atomic E-state index is 12.5. The van der Waals surface area contributed by atoms with Crippen LogP contribution >= 0.6 is 0 Å². The zero-order valence-electron chi connectivity index (χ0n) is 15.6. The number of anilines is 1. The predicted octanol–water partition coefficient (Wildman–Crippen LogP) is 4.49. The molecule has 1 atom stereocenters. The lowest BCUT2D eigenvalue weighted by Crippen LogP contribution is -2.30. The summed E-state index contributed by atoms with van der Waals surface area (Å²) in [6, 6.07) is 10.6. The van der Waals surface area contributed by atoms with E-state index in [0.29, 0.717) is 16.8 Å². The molecular weight excluding hydrogens is 387 g/mol. The van der Waals surface area contributed by atoms with Gasteiger partial charge in [0.05, 0.1) is 11.3 Å². The van der Waals surface area contributed by atoms with Crippen LogP contribution in [0.15, 0.2) is 54.6 Å². The number of halogens is 3. The Balaban J connectivity index is 1.95. The van der Waals surface area contributed by atoms with E-state index in [1.54, 1.807) is 24.3 Å². The summed E-state index contributed by atoms with van der Waals surface area (Å²) in [4.78, 5) is 35.6. The second-order valence-corrected chi connectivity index (χ2v) is 6.12. The molecular formula is C21H18F3NO4. The number of benzene rings is 2. The minimum Gasteiger partial charge on any atom is -0.449 e. The molecule has 5 nitrogen and oxygen atoms in total. The molecule has 8 heteroatoms. The van der Waals surface area contributed by atoms with Gasteiger partial charge in [-0.15, -0.1) is 0 Å². The van der Waals surface area contributed by atoms with E-state index in [0.717, 1.165) is 18.2 Å². The zero-order chi connectivity index (χ0) is 21.6. The number of alkyl halides is 3. The van der Waals surface area contributed by atoms with Crippen molar-refractivity contribution >= 4 is 29.4 Å². The number of Topliss-reactive ketones (excluding diaryl/α,β-unsaturated/α-hetero) is 1. The number of carbonyl (C=O) groups excluding carboxylic acids is 3. The van der Waals surface area contributed by atoms with Gasteiger partial charge in [0.15, 0.2) is 11.9 Å². The summed E-state index contributed by atoms with van der Waals surface area (Å²) < 4.78 is 42.6. The molecule has 2 aromatic carbocycles. The number of esters is 1. The standard InChI is InChI=1S/C21H18F3NO4/c1-13(26)17-5-3-4-6-18(17)25-20(28)14(2)29-19(27)12-9-15-7-10-16(11-8-15)21(22,23)24/h3-12,14H,1-2H3,(H,25,28)/b12-9+/t14-/m0/s1. The summed E-state index contributed by atoms with van der Waals surface area (Å²) in [7, 11) is 0. The largest absolute Gasteiger partial charge is 0.449 e. The lowest BCUT2D eigenvalue weighted by molar-refractivity contribution is -0.148. The monoisotopic (exact) mass is 405 g/mol. The molecule has 0 unspecified atom stereocenters. The van der Waals surface area contributed by atoms with Crippen molar-refractivity contribution in [3.63, 3.8) is 0 Å². The van der Waals surface area contributed by atoms with E-state index >= 15 is 0 Å². The highest BCUT2D eigenvalue weighted by Gasteiger charge is 2.29. The van der Waals surface area contributed by atoms with Gasteiger partial charge in [-0.1, -0.05) is 24.3 Å². The molecule has 0 bridgehead atoms. The first-order valence-electron chi connectivity index (χ1n) is 8.54. The van der Waals surface area contributed by atoms with Crippen LogP contribution in [0.5, 0.6) is 0 Å².